The van der Waals surface area contributed by atoms with Crippen molar-refractivity contribution in [2.45, 2.75) is 12.8 Å². The van der Waals surface area contributed by atoms with E-state index in [9.17, 15) is 4.79 Å². The van der Waals surface area contributed by atoms with Crippen molar-refractivity contribution in [3.05, 3.63) is 24.5 Å². The molecule has 1 aromatic heterocycles. The lowest BCUT2D eigenvalue weighted by atomic mass is 10.3. The van der Waals surface area contributed by atoms with Crippen molar-refractivity contribution in [1.29, 1.82) is 0 Å². The van der Waals surface area contributed by atoms with E-state index in [1.54, 1.807) is 17.1 Å². The third-order valence-electron chi connectivity index (χ3n) is 1.40. The van der Waals surface area contributed by atoms with Crippen LogP contribution in [0, 0.1) is 0 Å². The van der Waals surface area contributed by atoms with Gasteiger partial charge in [0.05, 0.1) is 0 Å². The van der Waals surface area contributed by atoms with Crippen LogP contribution >= 0.6 is 11.6 Å². The van der Waals surface area contributed by atoms with Gasteiger partial charge in [0, 0.05) is 24.7 Å². The minimum Gasteiger partial charge on any atom is -0.273 e. The molecule has 12 heavy (non-hydrogen) atoms. The van der Waals surface area contributed by atoms with Gasteiger partial charge < -0.3 is 0 Å². The molecule has 0 aliphatic rings. The van der Waals surface area contributed by atoms with Crippen molar-refractivity contribution in [3.63, 3.8) is 0 Å². The highest BCUT2D eigenvalue weighted by molar-refractivity contribution is 6.17. The Kier molecular flexibility index (Phi) is 3.67. The highest BCUT2D eigenvalue weighted by Gasteiger charge is 1.98. The summed E-state index contributed by atoms with van der Waals surface area (Å²) in [5, 5.41) is 0. The summed E-state index contributed by atoms with van der Waals surface area (Å²) < 4.78 is 1.62. The maximum Gasteiger partial charge on any atom is 0.238 e. The Morgan fingerprint density at radius 2 is 2.08 bits per heavy atom. The molecule has 1 aromatic rings. The van der Waals surface area contributed by atoms with Gasteiger partial charge in [0.2, 0.25) is 5.91 Å². The Bertz CT molecular complexity index is 233. The largest absolute Gasteiger partial charge is 0.273 e. The standard InChI is InChI=1S/C8H11ClN2O/c9-5-3-4-8(12)10-11-6-1-2-7-11/h1-2,6-7H,3-5H2,(H,10,12). The highest BCUT2D eigenvalue weighted by atomic mass is 35.5. The zero-order valence-electron chi connectivity index (χ0n) is 6.66. The van der Waals surface area contributed by atoms with E-state index in [1.807, 2.05) is 12.1 Å². The zero-order chi connectivity index (χ0) is 8.81. The molecule has 0 bridgehead atoms. The number of amides is 1. The predicted octanol–water partition coefficient (Wildman–Crippen LogP) is 1.58. The number of nitrogens with zero attached hydrogens (tertiary/aromatic N) is 1. The number of carbonyl (C=O) groups is 1. The van der Waals surface area contributed by atoms with Crippen LogP contribution < -0.4 is 5.43 Å². The lowest BCUT2D eigenvalue weighted by molar-refractivity contribution is -0.117. The molecule has 1 rings (SSSR count). The van der Waals surface area contributed by atoms with Gasteiger partial charge in [-0.15, -0.1) is 11.6 Å². The second kappa shape index (κ2) is 4.83. The van der Waals surface area contributed by atoms with Crippen LogP contribution in [-0.4, -0.2) is 16.5 Å². The van der Waals surface area contributed by atoms with Gasteiger partial charge in [-0.1, -0.05) is 0 Å². The number of carbonyl (C=O) groups excluding carboxylic acids is 1. The summed E-state index contributed by atoms with van der Waals surface area (Å²) in [6, 6.07) is 3.70. The molecule has 0 radical (unpaired) electrons. The van der Waals surface area contributed by atoms with E-state index in [1.165, 1.54) is 0 Å². The number of halogens is 1. The van der Waals surface area contributed by atoms with Gasteiger partial charge >= 0.3 is 0 Å². The van der Waals surface area contributed by atoms with Gasteiger partial charge in [0.25, 0.3) is 0 Å². The van der Waals surface area contributed by atoms with Gasteiger partial charge in [-0.2, -0.15) is 0 Å². The summed E-state index contributed by atoms with van der Waals surface area (Å²) in [6.07, 6.45) is 4.74. The summed E-state index contributed by atoms with van der Waals surface area (Å²) in [4.78, 5) is 11.1. The fraction of sp³-hybridized carbons (Fsp3) is 0.375. The number of hydrogen-bond acceptors (Lipinski definition) is 1. The van der Waals surface area contributed by atoms with Gasteiger partial charge in [-0.05, 0) is 18.6 Å². The van der Waals surface area contributed by atoms with Crippen LogP contribution in [0.1, 0.15) is 12.8 Å². The minimum absolute atomic E-state index is 0.00755. The molecule has 0 aliphatic heterocycles. The van der Waals surface area contributed by atoms with E-state index in [4.69, 9.17) is 11.6 Å². The molecule has 3 nitrogen and oxygen atoms in total. The molecule has 4 heteroatoms. The van der Waals surface area contributed by atoms with Crippen molar-refractivity contribution in [2.75, 3.05) is 11.3 Å². The molecule has 1 amide bonds. The van der Waals surface area contributed by atoms with Gasteiger partial charge in [-0.3, -0.25) is 14.9 Å². The Morgan fingerprint density at radius 1 is 1.42 bits per heavy atom. The minimum atomic E-state index is -0.00755. The summed E-state index contributed by atoms with van der Waals surface area (Å²) >= 11 is 5.44. The fourth-order valence-electron chi connectivity index (χ4n) is 0.836. The van der Waals surface area contributed by atoms with E-state index in [-0.39, 0.29) is 5.91 Å². The molecular weight excluding hydrogens is 176 g/mol. The SMILES string of the molecule is O=C(CCCCl)Nn1cccc1. The molecule has 1 heterocycles. The molecule has 0 spiro atoms. The third kappa shape index (κ3) is 2.96. The maximum absolute atomic E-state index is 11.1. The Morgan fingerprint density at radius 3 is 2.67 bits per heavy atom. The van der Waals surface area contributed by atoms with E-state index in [0.29, 0.717) is 18.7 Å². The Balaban J connectivity index is 2.27. The second-order valence-electron chi connectivity index (χ2n) is 2.42. The molecule has 0 saturated carbocycles. The first-order valence-corrected chi connectivity index (χ1v) is 4.35. The first-order chi connectivity index (χ1) is 5.83. The van der Waals surface area contributed by atoms with Crippen LogP contribution in [0.5, 0.6) is 0 Å². The first kappa shape index (κ1) is 9.13. The summed E-state index contributed by atoms with van der Waals surface area (Å²) in [7, 11) is 0. The smallest absolute Gasteiger partial charge is 0.238 e. The molecule has 66 valence electrons. The van der Waals surface area contributed by atoms with Crippen molar-refractivity contribution < 1.29 is 4.79 Å². The molecule has 1 N–H and O–H groups in total. The quantitative estimate of drug-likeness (QED) is 0.712. The topological polar surface area (TPSA) is 34.0 Å². The van der Waals surface area contributed by atoms with Gasteiger partial charge in [0.1, 0.15) is 0 Å². The average molecular weight is 187 g/mol. The van der Waals surface area contributed by atoms with Crippen LogP contribution in [0.2, 0.25) is 0 Å². The molecule has 0 saturated heterocycles. The normalized spacial score (nSPS) is 9.75. The molecule has 0 fully saturated rings. The van der Waals surface area contributed by atoms with E-state index >= 15 is 0 Å². The molecule has 0 aromatic carbocycles. The van der Waals surface area contributed by atoms with E-state index < -0.39 is 0 Å². The van der Waals surface area contributed by atoms with Crippen molar-refractivity contribution in [2.24, 2.45) is 0 Å². The molecule has 0 atom stereocenters. The highest BCUT2D eigenvalue weighted by Crippen LogP contribution is 1.93. The molecule has 0 aliphatic carbocycles. The number of aromatic nitrogens is 1. The van der Waals surface area contributed by atoms with E-state index in [0.717, 1.165) is 0 Å². The number of rotatable bonds is 4. The van der Waals surface area contributed by atoms with Gasteiger partial charge in [-0.25, -0.2) is 0 Å². The van der Waals surface area contributed by atoms with Crippen molar-refractivity contribution in [3.8, 4) is 0 Å². The van der Waals surface area contributed by atoms with E-state index in [2.05, 4.69) is 5.43 Å². The molecular formula is C8H11ClN2O. The van der Waals surface area contributed by atoms with Crippen LogP contribution in [0.4, 0.5) is 0 Å². The zero-order valence-corrected chi connectivity index (χ0v) is 7.42. The van der Waals surface area contributed by atoms with Crippen LogP contribution in [0.3, 0.4) is 0 Å². The lowest BCUT2D eigenvalue weighted by Crippen LogP contribution is -2.20. The number of nitrogens with one attached hydrogen (secondary N) is 1. The maximum atomic E-state index is 11.1. The van der Waals surface area contributed by atoms with Crippen molar-refractivity contribution >= 4 is 17.5 Å². The lowest BCUT2D eigenvalue weighted by Gasteiger charge is -2.04. The summed E-state index contributed by atoms with van der Waals surface area (Å²) in [5.41, 5.74) is 2.68. The van der Waals surface area contributed by atoms with Crippen molar-refractivity contribution in [1.82, 2.24) is 4.68 Å². The average Bonchev–Trinajstić information content (AvgIpc) is 2.53. The van der Waals surface area contributed by atoms with Crippen LogP contribution in [0.25, 0.3) is 0 Å². The number of hydrogen-bond donors (Lipinski definition) is 1. The second-order valence-corrected chi connectivity index (χ2v) is 2.80. The predicted molar refractivity (Wildman–Crippen MR) is 48.8 cm³/mol. The monoisotopic (exact) mass is 186 g/mol. The first-order valence-electron chi connectivity index (χ1n) is 3.81. The fourth-order valence-corrected chi connectivity index (χ4v) is 0.970. The Hall–Kier alpha value is -0.960. The van der Waals surface area contributed by atoms with Gasteiger partial charge in [0.15, 0.2) is 0 Å². The summed E-state index contributed by atoms with van der Waals surface area (Å²) in [5.74, 6) is 0.519. The third-order valence-corrected chi connectivity index (χ3v) is 1.66. The Labute approximate surface area is 76.3 Å². The molecule has 0 unspecified atom stereocenters. The number of alkyl halides is 1. The summed E-state index contributed by atoms with van der Waals surface area (Å²) in [6.45, 7) is 0. The van der Waals surface area contributed by atoms with Crippen LogP contribution in [-0.2, 0) is 4.79 Å². The van der Waals surface area contributed by atoms with Crippen LogP contribution in [0.15, 0.2) is 24.5 Å².